The van der Waals surface area contributed by atoms with Crippen LogP contribution in [0.25, 0.3) is 0 Å². The number of rotatable bonds is 4. The van der Waals surface area contributed by atoms with Crippen molar-refractivity contribution in [2.24, 2.45) is 5.41 Å². The fraction of sp³-hybridized carbons (Fsp3) is 0.467. The topological polar surface area (TPSA) is 78.4 Å². The Bertz CT molecular complexity index is 475. The lowest BCUT2D eigenvalue weighted by molar-refractivity contribution is -0.136. The number of urea groups is 1. The van der Waals surface area contributed by atoms with Crippen molar-refractivity contribution >= 4 is 17.7 Å². The third-order valence-corrected chi connectivity index (χ3v) is 3.21. The highest BCUT2D eigenvalue weighted by Crippen LogP contribution is 2.18. The molecule has 1 rings (SSSR count). The number of aliphatic carboxylic acids is 1. The van der Waals surface area contributed by atoms with Gasteiger partial charge in [0.15, 0.2) is 0 Å². The van der Waals surface area contributed by atoms with Crippen LogP contribution in [0.15, 0.2) is 24.3 Å². The zero-order chi connectivity index (χ0) is 15.3. The second kappa shape index (κ2) is 6.41. The number of benzene rings is 1. The molecule has 0 aliphatic rings. The van der Waals surface area contributed by atoms with E-state index in [9.17, 15) is 9.59 Å². The van der Waals surface area contributed by atoms with Crippen LogP contribution in [0.3, 0.4) is 0 Å². The minimum absolute atomic E-state index is 0.0112. The van der Waals surface area contributed by atoms with Crippen molar-refractivity contribution in [2.75, 3.05) is 5.32 Å². The first-order valence-corrected chi connectivity index (χ1v) is 6.57. The third kappa shape index (κ3) is 5.30. The Morgan fingerprint density at radius 3 is 2.20 bits per heavy atom. The molecule has 3 N–H and O–H groups in total. The van der Waals surface area contributed by atoms with Gasteiger partial charge in [0.25, 0.3) is 0 Å². The van der Waals surface area contributed by atoms with Crippen molar-refractivity contribution in [1.82, 2.24) is 5.32 Å². The van der Waals surface area contributed by atoms with E-state index in [1.54, 1.807) is 24.3 Å². The molecule has 0 bridgehead atoms. The van der Waals surface area contributed by atoms with Gasteiger partial charge < -0.3 is 15.7 Å². The second-order valence-corrected chi connectivity index (χ2v) is 5.95. The summed E-state index contributed by atoms with van der Waals surface area (Å²) in [5.41, 5.74) is 1.33. The summed E-state index contributed by atoms with van der Waals surface area (Å²) in [4.78, 5) is 22.4. The molecule has 0 saturated carbocycles. The normalized spacial score (nSPS) is 12.6. The van der Waals surface area contributed by atoms with Crippen molar-refractivity contribution in [3.63, 3.8) is 0 Å². The Balaban J connectivity index is 2.56. The van der Waals surface area contributed by atoms with E-state index >= 15 is 0 Å². The second-order valence-electron chi connectivity index (χ2n) is 5.95. The van der Waals surface area contributed by atoms with E-state index in [1.807, 2.05) is 6.92 Å². The van der Waals surface area contributed by atoms with Crippen molar-refractivity contribution in [3.8, 4) is 0 Å². The minimum Gasteiger partial charge on any atom is -0.481 e. The molecule has 5 nitrogen and oxygen atoms in total. The monoisotopic (exact) mass is 278 g/mol. The van der Waals surface area contributed by atoms with Crippen LogP contribution >= 0.6 is 0 Å². The van der Waals surface area contributed by atoms with E-state index in [0.29, 0.717) is 11.3 Å². The summed E-state index contributed by atoms with van der Waals surface area (Å²) in [6.07, 6.45) is -0.0203. The van der Waals surface area contributed by atoms with Gasteiger partial charge in [0.1, 0.15) is 0 Å². The lowest BCUT2D eigenvalue weighted by Gasteiger charge is -2.28. The van der Waals surface area contributed by atoms with Crippen LogP contribution in [-0.4, -0.2) is 23.1 Å². The molecule has 110 valence electrons. The first-order valence-electron chi connectivity index (χ1n) is 6.57. The number of anilines is 1. The SMILES string of the molecule is CC(NC(=O)Nc1ccc(CC(=O)O)cc1)C(C)(C)C. The van der Waals surface area contributed by atoms with Gasteiger partial charge in [-0.3, -0.25) is 4.79 Å². The van der Waals surface area contributed by atoms with E-state index in [0.717, 1.165) is 0 Å². The van der Waals surface area contributed by atoms with Crippen LogP contribution < -0.4 is 10.6 Å². The van der Waals surface area contributed by atoms with E-state index in [-0.39, 0.29) is 23.9 Å². The quantitative estimate of drug-likeness (QED) is 0.792. The average molecular weight is 278 g/mol. The highest BCUT2D eigenvalue weighted by Gasteiger charge is 2.21. The molecule has 0 fully saturated rings. The van der Waals surface area contributed by atoms with Crippen LogP contribution in [0, 0.1) is 5.41 Å². The van der Waals surface area contributed by atoms with Crippen molar-refractivity contribution in [1.29, 1.82) is 0 Å². The molecule has 1 aromatic rings. The zero-order valence-electron chi connectivity index (χ0n) is 12.4. The smallest absolute Gasteiger partial charge is 0.319 e. The maximum Gasteiger partial charge on any atom is 0.319 e. The Morgan fingerprint density at radius 2 is 1.75 bits per heavy atom. The Kier molecular flexibility index (Phi) is 5.13. The van der Waals surface area contributed by atoms with E-state index < -0.39 is 5.97 Å². The van der Waals surface area contributed by atoms with Gasteiger partial charge in [0.2, 0.25) is 0 Å². The molecule has 0 aliphatic heterocycles. The predicted octanol–water partition coefficient (Wildman–Crippen LogP) is 2.87. The predicted molar refractivity (Wildman–Crippen MR) is 78.9 cm³/mol. The molecule has 1 unspecified atom stereocenters. The molecule has 0 saturated heterocycles. The highest BCUT2D eigenvalue weighted by molar-refractivity contribution is 5.89. The van der Waals surface area contributed by atoms with Gasteiger partial charge in [-0.2, -0.15) is 0 Å². The summed E-state index contributed by atoms with van der Waals surface area (Å²) in [5, 5.41) is 14.3. The Labute approximate surface area is 119 Å². The molecule has 0 aliphatic carbocycles. The molecule has 0 heterocycles. The maximum absolute atomic E-state index is 11.8. The summed E-state index contributed by atoms with van der Waals surface area (Å²) < 4.78 is 0. The zero-order valence-corrected chi connectivity index (χ0v) is 12.4. The van der Waals surface area contributed by atoms with Crippen molar-refractivity contribution in [3.05, 3.63) is 29.8 Å². The number of carboxylic acid groups (broad SMARTS) is 1. The molecule has 1 atom stereocenters. The summed E-state index contributed by atoms with van der Waals surface area (Å²) >= 11 is 0. The summed E-state index contributed by atoms with van der Waals surface area (Å²) in [5.74, 6) is -0.873. The van der Waals surface area contributed by atoms with Gasteiger partial charge >= 0.3 is 12.0 Å². The number of carbonyl (C=O) groups excluding carboxylic acids is 1. The van der Waals surface area contributed by atoms with Gasteiger partial charge in [-0.25, -0.2) is 4.79 Å². The van der Waals surface area contributed by atoms with Gasteiger partial charge in [-0.1, -0.05) is 32.9 Å². The number of carbonyl (C=O) groups is 2. The molecule has 0 aromatic heterocycles. The summed E-state index contributed by atoms with van der Waals surface area (Å²) in [7, 11) is 0. The largest absolute Gasteiger partial charge is 0.481 e. The first kappa shape index (κ1) is 16.0. The molecular formula is C15H22N2O3. The number of amides is 2. The summed E-state index contributed by atoms with van der Waals surface area (Å²) in [6, 6.07) is 6.54. The number of carboxylic acids is 1. The van der Waals surface area contributed by atoms with Crippen LogP contribution in [0.4, 0.5) is 10.5 Å². The number of hydrogen-bond donors (Lipinski definition) is 3. The fourth-order valence-corrected chi connectivity index (χ4v) is 1.46. The van der Waals surface area contributed by atoms with Gasteiger partial charge in [0.05, 0.1) is 6.42 Å². The Morgan fingerprint density at radius 1 is 1.20 bits per heavy atom. The molecule has 2 amide bonds. The number of hydrogen-bond acceptors (Lipinski definition) is 2. The Hall–Kier alpha value is -2.04. The van der Waals surface area contributed by atoms with Crippen molar-refractivity contribution in [2.45, 2.75) is 40.2 Å². The molecule has 5 heteroatoms. The molecule has 0 radical (unpaired) electrons. The fourth-order valence-electron chi connectivity index (χ4n) is 1.46. The number of nitrogens with one attached hydrogen (secondary N) is 2. The first-order chi connectivity index (χ1) is 9.18. The van der Waals surface area contributed by atoms with Gasteiger partial charge in [-0.05, 0) is 30.0 Å². The molecule has 20 heavy (non-hydrogen) atoms. The average Bonchev–Trinajstić information content (AvgIpc) is 2.29. The summed E-state index contributed by atoms with van der Waals surface area (Å²) in [6.45, 7) is 8.12. The van der Waals surface area contributed by atoms with E-state index in [4.69, 9.17) is 5.11 Å². The third-order valence-electron chi connectivity index (χ3n) is 3.21. The minimum atomic E-state index is -0.873. The highest BCUT2D eigenvalue weighted by atomic mass is 16.4. The molecule has 0 spiro atoms. The lowest BCUT2D eigenvalue weighted by atomic mass is 9.88. The molecule has 1 aromatic carbocycles. The lowest BCUT2D eigenvalue weighted by Crippen LogP contribution is -2.43. The van der Waals surface area contributed by atoms with Crippen LogP contribution in [0.5, 0.6) is 0 Å². The van der Waals surface area contributed by atoms with Gasteiger partial charge in [-0.15, -0.1) is 0 Å². The van der Waals surface area contributed by atoms with Crippen LogP contribution in [0.1, 0.15) is 33.3 Å². The van der Waals surface area contributed by atoms with Crippen LogP contribution in [-0.2, 0) is 11.2 Å². The van der Waals surface area contributed by atoms with Crippen molar-refractivity contribution < 1.29 is 14.7 Å². The van der Waals surface area contributed by atoms with Crippen LogP contribution in [0.2, 0.25) is 0 Å². The van der Waals surface area contributed by atoms with Gasteiger partial charge in [0, 0.05) is 11.7 Å². The maximum atomic E-state index is 11.8. The standard InChI is InChI=1S/C15H22N2O3/c1-10(15(2,3)4)16-14(20)17-12-7-5-11(6-8-12)9-13(18)19/h5-8,10H,9H2,1-4H3,(H,18,19)(H2,16,17,20). The molecular weight excluding hydrogens is 256 g/mol. The van der Waals surface area contributed by atoms with E-state index in [1.165, 1.54) is 0 Å². The van der Waals surface area contributed by atoms with E-state index in [2.05, 4.69) is 31.4 Å².